The van der Waals surface area contributed by atoms with Crippen molar-refractivity contribution >= 4 is 23.5 Å². The van der Waals surface area contributed by atoms with Gasteiger partial charge in [-0.3, -0.25) is 9.59 Å². The van der Waals surface area contributed by atoms with Crippen LogP contribution in [0.5, 0.6) is 11.5 Å². The van der Waals surface area contributed by atoms with Crippen LogP contribution in [0.4, 0.5) is 5.69 Å². The molecule has 6 heteroatoms. The predicted octanol–water partition coefficient (Wildman–Crippen LogP) is 5.16. The molecule has 0 aromatic heterocycles. The first kappa shape index (κ1) is 22.3. The van der Waals surface area contributed by atoms with Gasteiger partial charge in [-0.25, -0.2) is 9.69 Å². The van der Waals surface area contributed by atoms with E-state index in [1.165, 1.54) is 0 Å². The molecule has 1 unspecified atom stereocenters. The van der Waals surface area contributed by atoms with Crippen LogP contribution < -0.4 is 14.4 Å². The third kappa shape index (κ3) is 4.37. The summed E-state index contributed by atoms with van der Waals surface area (Å²) in [6.45, 7) is 7.87. The first-order chi connectivity index (χ1) is 15.7. The van der Waals surface area contributed by atoms with Crippen molar-refractivity contribution in [3.05, 3.63) is 89.5 Å². The summed E-state index contributed by atoms with van der Waals surface area (Å²) >= 11 is 0. The average molecular weight is 443 g/mol. The standard InChI is InChI=1S/C27H25NO5/c1-17(32-23-12-8-7-11-22(23)27(2,3)4)26(31)33-19-15-13-18(14-16-19)28-24(29)20-9-5-6-10-21(20)25(28)30/h5-17H,1-4H3. The third-order valence-electron chi connectivity index (χ3n) is 5.44. The van der Waals surface area contributed by atoms with Crippen LogP contribution in [0.2, 0.25) is 0 Å². The van der Waals surface area contributed by atoms with Gasteiger partial charge in [0.25, 0.3) is 11.8 Å². The van der Waals surface area contributed by atoms with Crippen LogP contribution in [0, 0.1) is 0 Å². The average Bonchev–Trinajstić information content (AvgIpc) is 3.04. The Hall–Kier alpha value is -3.93. The van der Waals surface area contributed by atoms with Gasteiger partial charge in [-0.15, -0.1) is 0 Å². The monoisotopic (exact) mass is 443 g/mol. The Morgan fingerprint density at radius 1 is 0.818 bits per heavy atom. The Morgan fingerprint density at radius 2 is 1.36 bits per heavy atom. The maximum absolute atomic E-state index is 12.6. The number of carbonyl (C=O) groups is 3. The van der Waals surface area contributed by atoms with Crippen molar-refractivity contribution in [1.82, 2.24) is 0 Å². The van der Waals surface area contributed by atoms with Crippen LogP contribution in [0.3, 0.4) is 0 Å². The number of ether oxygens (including phenoxy) is 2. The van der Waals surface area contributed by atoms with E-state index in [2.05, 4.69) is 20.8 Å². The molecule has 0 saturated heterocycles. The van der Waals surface area contributed by atoms with E-state index < -0.39 is 12.1 Å². The van der Waals surface area contributed by atoms with Gasteiger partial charge in [0.05, 0.1) is 16.8 Å². The van der Waals surface area contributed by atoms with Gasteiger partial charge in [-0.05, 0) is 60.4 Å². The number of rotatable bonds is 5. The second-order valence-corrected chi connectivity index (χ2v) is 8.91. The zero-order chi connectivity index (χ0) is 23.8. The zero-order valence-corrected chi connectivity index (χ0v) is 19.0. The number of fused-ring (bicyclic) bond motifs is 1. The van der Waals surface area contributed by atoms with Gasteiger partial charge in [-0.2, -0.15) is 0 Å². The van der Waals surface area contributed by atoms with E-state index in [1.807, 2.05) is 24.3 Å². The summed E-state index contributed by atoms with van der Waals surface area (Å²) in [7, 11) is 0. The quantitative estimate of drug-likeness (QED) is 0.309. The lowest BCUT2D eigenvalue weighted by atomic mass is 9.86. The maximum Gasteiger partial charge on any atom is 0.352 e. The Morgan fingerprint density at radius 3 is 1.94 bits per heavy atom. The number of anilines is 1. The number of amides is 2. The Labute approximate surface area is 192 Å². The molecule has 1 atom stereocenters. The number of hydrogen-bond acceptors (Lipinski definition) is 5. The smallest absolute Gasteiger partial charge is 0.352 e. The zero-order valence-electron chi connectivity index (χ0n) is 19.0. The summed E-state index contributed by atoms with van der Waals surface area (Å²) in [6.07, 6.45) is -0.829. The van der Waals surface area contributed by atoms with Gasteiger partial charge in [0.15, 0.2) is 6.10 Å². The molecule has 0 saturated carbocycles. The van der Waals surface area contributed by atoms with E-state index in [0.717, 1.165) is 10.5 Å². The van der Waals surface area contributed by atoms with Crippen molar-refractivity contribution in [2.24, 2.45) is 0 Å². The molecule has 3 aromatic carbocycles. The summed E-state index contributed by atoms with van der Waals surface area (Å²) < 4.78 is 11.4. The molecule has 33 heavy (non-hydrogen) atoms. The number of para-hydroxylation sites is 1. The molecule has 6 nitrogen and oxygen atoms in total. The van der Waals surface area contributed by atoms with Gasteiger partial charge in [0.1, 0.15) is 11.5 Å². The lowest BCUT2D eigenvalue weighted by molar-refractivity contribution is -0.141. The summed E-state index contributed by atoms with van der Waals surface area (Å²) in [5.74, 6) is -0.373. The van der Waals surface area contributed by atoms with E-state index in [0.29, 0.717) is 28.3 Å². The van der Waals surface area contributed by atoms with Crippen LogP contribution in [0.25, 0.3) is 0 Å². The minimum Gasteiger partial charge on any atom is -0.479 e. The summed E-state index contributed by atoms with van der Waals surface area (Å²) in [5, 5.41) is 0. The Balaban J connectivity index is 1.44. The minimum atomic E-state index is -0.829. The molecular weight excluding hydrogens is 418 g/mol. The molecule has 168 valence electrons. The number of carbonyl (C=O) groups excluding carboxylic acids is 3. The van der Waals surface area contributed by atoms with Crippen LogP contribution >= 0.6 is 0 Å². The normalized spacial score (nSPS) is 14.1. The minimum absolute atomic E-state index is 0.139. The molecular formula is C27H25NO5. The van der Waals surface area contributed by atoms with E-state index in [-0.39, 0.29) is 17.2 Å². The number of esters is 1. The molecule has 0 radical (unpaired) electrons. The second-order valence-electron chi connectivity index (χ2n) is 8.91. The molecule has 0 fully saturated rings. The van der Waals surface area contributed by atoms with Crippen molar-refractivity contribution in [2.45, 2.75) is 39.2 Å². The number of benzene rings is 3. The first-order valence-electron chi connectivity index (χ1n) is 10.7. The van der Waals surface area contributed by atoms with Gasteiger partial charge in [-0.1, -0.05) is 51.1 Å². The van der Waals surface area contributed by atoms with E-state index in [9.17, 15) is 14.4 Å². The summed E-state index contributed by atoms with van der Waals surface area (Å²) in [4.78, 5) is 39.0. The lowest BCUT2D eigenvalue weighted by Crippen LogP contribution is -2.30. The summed E-state index contributed by atoms with van der Waals surface area (Å²) in [5.41, 5.74) is 2.01. The van der Waals surface area contributed by atoms with Crippen LogP contribution in [0.15, 0.2) is 72.8 Å². The highest BCUT2D eigenvalue weighted by Gasteiger charge is 2.36. The topological polar surface area (TPSA) is 72.9 Å². The van der Waals surface area contributed by atoms with E-state index >= 15 is 0 Å². The Bertz CT molecular complexity index is 1190. The molecule has 1 aliphatic heterocycles. The SMILES string of the molecule is CC(Oc1ccccc1C(C)(C)C)C(=O)Oc1ccc(N2C(=O)c3ccccc3C2=O)cc1. The Kier molecular flexibility index (Phi) is 5.77. The van der Waals surface area contributed by atoms with Crippen molar-refractivity contribution in [2.75, 3.05) is 4.90 Å². The molecule has 1 heterocycles. The third-order valence-corrected chi connectivity index (χ3v) is 5.44. The number of imide groups is 1. The van der Waals surface area contributed by atoms with Gasteiger partial charge in [0.2, 0.25) is 0 Å². The van der Waals surface area contributed by atoms with Crippen molar-refractivity contribution < 1.29 is 23.9 Å². The highest BCUT2D eigenvalue weighted by Crippen LogP contribution is 2.32. The highest BCUT2D eigenvalue weighted by molar-refractivity contribution is 6.34. The van der Waals surface area contributed by atoms with Crippen LogP contribution in [-0.4, -0.2) is 23.9 Å². The van der Waals surface area contributed by atoms with E-state index in [1.54, 1.807) is 55.5 Å². The fourth-order valence-electron chi connectivity index (χ4n) is 3.71. The molecule has 3 aromatic rings. The molecule has 0 spiro atoms. The predicted molar refractivity (Wildman–Crippen MR) is 125 cm³/mol. The van der Waals surface area contributed by atoms with Crippen molar-refractivity contribution in [1.29, 1.82) is 0 Å². The number of hydrogen-bond donors (Lipinski definition) is 0. The first-order valence-corrected chi connectivity index (χ1v) is 10.7. The molecule has 2 amide bonds. The summed E-state index contributed by atoms with van der Waals surface area (Å²) in [6, 6.07) is 20.6. The number of nitrogens with zero attached hydrogens (tertiary/aromatic N) is 1. The van der Waals surface area contributed by atoms with E-state index in [4.69, 9.17) is 9.47 Å². The maximum atomic E-state index is 12.6. The van der Waals surface area contributed by atoms with Crippen LogP contribution in [0.1, 0.15) is 54.0 Å². The highest BCUT2D eigenvalue weighted by atomic mass is 16.6. The largest absolute Gasteiger partial charge is 0.479 e. The molecule has 0 bridgehead atoms. The molecule has 0 aliphatic carbocycles. The fraction of sp³-hybridized carbons (Fsp3) is 0.222. The van der Waals surface area contributed by atoms with Crippen molar-refractivity contribution in [3.8, 4) is 11.5 Å². The molecule has 0 N–H and O–H groups in total. The lowest BCUT2D eigenvalue weighted by Gasteiger charge is -2.24. The van der Waals surface area contributed by atoms with Crippen LogP contribution in [-0.2, 0) is 10.2 Å². The van der Waals surface area contributed by atoms with Gasteiger partial charge < -0.3 is 9.47 Å². The second kappa shape index (κ2) is 8.54. The van der Waals surface area contributed by atoms with Gasteiger partial charge >= 0.3 is 5.97 Å². The van der Waals surface area contributed by atoms with Crippen molar-refractivity contribution in [3.63, 3.8) is 0 Å². The van der Waals surface area contributed by atoms with Gasteiger partial charge in [0, 0.05) is 0 Å². The fourth-order valence-corrected chi connectivity index (χ4v) is 3.71. The molecule has 4 rings (SSSR count). The molecule has 1 aliphatic rings.